The van der Waals surface area contributed by atoms with Gasteiger partial charge in [-0.25, -0.2) is 9.78 Å². The summed E-state index contributed by atoms with van der Waals surface area (Å²) < 4.78 is 5.13. The van der Waals surface area contributed by atoms with Crippen molar-refractivity contribution < 1.29 is 14.3 Å². The number of nitrogens with one attached hydrogen (secondary N) is 1. The average molecular weight is 385 g/mol. The third-order valence-electron chi connectivity index (χ3n) is 3.81. The van der Waals surface area contributed by atoms with Gasteiger partial charge in [-0.15, -0.1) is 0 Å². The van der Waals surface area contributed by atoms with E-state index >= 15 is 0 Å². The third kappa shape index (κ3) is 3.99. The molecule has 1 aliphatic rings. The van der Waals surface area contributed by atoms with Crippen molar-refractivity contribution in [3.8, 4) is 0 Å². The number of amides is 2. The average Bonchev–Trinajstić information content (AvgIpc) is 2.91. The number of H-pyrrole nitrogens is 1. The van der Waals surface area contributed by atoms with E-state index in [0.717, 1.165) is 5.52 Å². The quantitative estimate of drug-likeness (QED) is 0.881. The Kier molecular flexibility index (Phi) is 5.06. The maximum absolute atomic E-state index is 12.3. The Balaban J connectivity index is 1.67. The van der Waals surface area contributed by atoms with Gasteiger partial charge in [0.1, 0.15) is 17.9 Å². The first-order valence-corrected chi connectivity index (χ1v) is 8.66. The lowest BCUT2D eigenvalue weighted by Gasteiger charge is -2.33. The van der Waals surface area contributed by atoms with Crippen molar-refractivity contribution in [3.63, 3.8) is 0 Å². The van der Waals surface area contributed by atoms with Crippen LogP contribution in [-0.4, -0.2) is 57.5 Å². The predicted octanol–water partition coefficient (Wildman–Crippen LogP) is 3.06. The molecule has 0 atom stereocenters. The van der Waals surface area contributed by atoms with Crippen LogP contribution < -0.4 is 0 Å². The van der Waals surface area contributed by atoms with Gasteiger partial charge in [0.15, 0.2) is 0 Å². The summed E-state index contributed by atoms with van der Waals surface area (Å²) in [4.78, 5) is 34.8. The SMILES string of the molecule is CC(C)OC(=O)N1CCN(Cc2nc3c(Cl)cc(Cl)cc3[nH]2)C(=O)C1. The summed E-state index contributed by atoms with van der Waals surface area (Å²) in [7, 11) is 0. The van der Waals surface area contributed by atoms with Crippen LogP contribution in [-0.2, 0) is 16.1 Å². The molecule has 2 aromatic rings. The zero-order valence-corrected chi connectivity index (χ0v) is 15.4. The minimum Gasteiger partial charge on any atom is -0.447 e. The number of rotatable bonds is 3. The number of aromatic nitrogens is 2. The highest BCUT2D eigenvalue weighted by Crippen LogP contribution is 2.26. The summed E-state index contributed by atoms with van der Waals surface area (Å²) in [6, 6.07) is 3.36. The van der Waals surface area contributed by atoms with Gasteiger partial charge < -0.3 is 14.6 Å². The first-order valence-electron chi connectivity index (χ1n) is 7.90. The number of carbonyl (C=O) groups excluding carboxylic acids is 2. The van der Waals surface area contributed by atoms with Gasteiger partial charge >= 0.3 is 6.09 Å². The molecule has 9 heteroatoms. The molecule has 1 aliphatic heterocycles. The Morgan fingerprint density at radius 3 is 2.80 bits per heavy atom. The van der Waals surface area contributed by atoms with Crippen LogP contribution in [0, 0.1) is 0 Å². The van der Waals surface area contributed by atoms with Gasteiger partial charge in [-0.3, -0.25) is 9.69 Å². The second-order valence-electron chi connectivity index (χ2n) is 6.14. The maximum Gasteiger partial charge on any atom is 0.410 e. The van der Waals surface area contributed by atoms with E-state index in [1.54, 1.807) is 30.9 Å². The Labute approximate surface area is 154 Å². The highest BCUT2D eigenvalue weighted by atomic mass is 35.5. The number of aromatic amines is 1. The first-order chi connectivity index (χ1) is 11.8. The second-order valence-corrected chi connectivity index (χ2v) is 6.98. The number of imidazole rings is 1. The number of piperazine rings is 1. The van der Waals surface area contributed by atoms with E-state index in [4.69, 9.17) is 27.9 Å². The van der Waals surface area contributed by atoms with Crippen molar-refractivity contribution in [1.82, 2.24) is 19.8 Å². The van der Waals surface area contributed by atoms with E-state index in [-0.39, 0.29) is 18.6 Å². The summed E-state index contributed by atoms with van der Waals surface area (Å²) in [6.45, 7) is 4.69. The molecule has 7 nitrogen and oxygen atoms in total. The monoisotopic (exact) mass is 384 g/mol. The summed E-state index contributed by atoms with van der Waals surface area (Å²) in [5.41, 5.74) is 1.34. The number of benzene rings is 1. The molecule has 0 unspecified atom stereocenters. The van der Waals surface area contributed by atoms with Crippen LogP contribution in [0.25, 0.3) is 11.0 Å². The standard InChI is InChI=1S/C16H18Cl2N4O3/c1-9(2)25-16(24)22-4-3-21(14(23)8-22)7-13-19-12-6-10(17)5-11(18)15(12)20-13/h5-6,9H,3-4,7-8H2,1-2H3,(H,19,20). The maximum atomic E-state index is 12.3. The molecule has 2 heterocycles. The summed E-state index contributed by atoms with van der Waals surface area (Å²) in [5, 5.41) is 0.971. The molecule has 0 radical (unpaired) electrons. The number of carbonyl (C=O) groups is 2. The highest BCUT2D eigenvalue weighted by molar-refractivity contribution is 6.38. The van der Waals surface area contributed by atoms with Crippen molar-refractivity contribution in [2.45, 2.75) is 26.5 Å². The normalized spacial score (nSPS) is 15.3. The van der Waals surface area contributed by atoms with Crippen molar-refractivity contribution in [2.24, 2.45) is 0 Å². The molecular weight excluding hydrogens is 367 g/mol. The molecule has 2 amide bonds. The zero-order valence-electron chi connectivity index (χ0n) is 13.9. The molecule has 1 aromatic heterocycles. The lowest BCUT2D eigenvalue weighted by molar-refractivity contribution is -0.136. The fourth-order valence-electron chi connectivity index (χ4n) is 2.66. The Morgan fingerprint density at radius 2 is 2.12 bits per heavy atom. The zero-order chi connectivity index (χ0) is 18.1. The molecule has 0 aliphatic carbocycles. The van der Waals surface area contributed by atoms with Crippen LogP contribution in [0.3, 0.4) is 0 Å². The summed E-state index contributed by atoms with van der Waals surface area (Å²) in [5.74, 6) is 0.460. The predicted molar refractivity (Wildman–Crippen MR) is 94.7 cm³/mol. The van der Waals surface area contributed by atoms with E-state index in [1.165, 1.54) is 4.90 Å². The van der Waals surface area contributed by atoms with Gasteiger partial charge in [-0.05, 0) is 26.0 Å². The first kappa shape index (κ1) is 17.8. The van der Waals surface area contributed by atoms with Crippen LogP contribution in [0.5, 0.6) is 0 Å². The molecule has 1 fully saturated rings. The van der Waals surface area contributed by atoms with Crippen LogP contribution in [0.2, 0.25) is 10.0 Å². The molecule has 0 spiro atoms. The van der Waals surface area contributed by atoms with E-state index in [9.17, 15) is 9.59 Å². The Bertz CT molecular complexity index is 821. The van der Waals surface area contributed by atoms with Crippen molar-refractivity contribution in [3.05, 3.63) is 28.0 Å². The van der Waals surface area contributed by atoms with Gasteiger partial charge in [0, 0.05) is 18.1 Å². The fourth-order valence-corrected chi connectivity index (χ4v) is 3.19. The molecule has 134 valence electrons. The van der Waals surface area contributed by atoms with Gasteiger partial charge in [-0.1, -0.05) is 23.2 Å². The number of halogens is 2. The minimum absolute atomic E-state index is 0.00162. The second kappa shape index (κ2) is 7.09. The van der Waals surface area contributed by atoms with Crippen LogP contribution in [0.4, 0.5) is 4.79 Å². The lowest BCUT2D eigenvalue weighted by atomic mass is 10.3. The molecule has 1 saturated heterocycles. The van der Waals surface area contributed by atoms with E-state index < -0.39 is 6.09 Å². The number of ether oxygens (including phenoxy) is 1. The van der Waals surface area contributed by atoms with Crippen LogP contribution >= 0.6 is 23.2 Å². The minimum atomic E-state index is -0.465. The molecule has 0 saturated carbocycles. The Hall–Kier alpha value is -1.99. The Morgan fingerprint density at radius 1 is 1.36 bits per heavy atom. The van der Waals surface area contributed by atoms with Gasteiger partial charge in [0.2, 0.25) is 5.91 Å². The molecule has 1 N–H and O–H groups in total. The van der Waals surface area contributed by atoms with Gasteiger partial charge in [0.05, 0.1) is 23.2 Å². The summed E-state index contributed by atoms with van der Waals surface area (Å²) >= 11 is 12.1. The van der Waals surface area contributed by atoms with Crippen molar-refractivity contribution >= 4 is 46.2 Å². The van der Waals surface area contributed by atoms with Gasteiger partial charge in [0.25, 0.3) is 0 Å². The lowest BCUT2D eigenvalue weighted by Crippen LogP contribution is -2.52. The molecule has 3 rings (SSSR count). The van der Waals surface area contributed by atoms with E-state index in [2.05, 4.69) is 9.97 Å². The van der Waals surface area contributed by atoms with Crippen LogP contribution in [0.15, 0.2) is 12.1 Å². The summed E-state index contributed by atoms with van der Waals surface area (Å²) in [6.07, 6.45) is -0.680. The highest BCUT2D eigenvalue weighted by Gasteiger charge is 2.29. The third-order valence-corrected chi connectivity index (χ3v) is 4.31. The van der Waals surface area contributed by atoms with Crippen molar-refractivity contribution in [2.75, 3.05) is 19.6 Å². The molecule has 0 bridgehead atoms. The smallest absolute Gasteiger partial charge is 0.410 e. The number of hydrogen-bond donors (Lipinski definition) is 1. The van der Waals surface area contributed by atoms with E-state index in [1.807, 2.05) is 0 Å². The number of nitrogens with zero attached hydrogens (tertiary/aromatic N) is 3. The fraction of sp³-hybridized carbons (Fsp3) is 0.438. The molecule has 1 aromatic carbocycles. The topological polar surface area (TPSA) is 78.5 Å². The molecular formula is C16H18Cl2N4O3. The van der Waals surface area contributed by atoms with Crippen LogP contribution in [0.1, 0.15) is 19.7 Å². The number of hydrogen-bond acceptors (Lipinski definition) is 4. The van der Waals surface area contributed by atoms with Gasteiger partial charge in [-0.2, -0.15) is 0 Å². The number of fused-ring (bicyclic) bond motifs is 1. The molecule has 25 heavy (non-hydrogen) atoms. The van der Waals surface area contributed by atoms with Crippen molar-refractivity contribution in [1.29, 1.82) is 0 Å². The largest absolute Gasteiger partial charge is 0.447 e. The van der Waals surface area contributed by atoms with E-state index in [0.29, 0.717) is 41.0 Å².